The highest BCUT2D eigenvalue weighted by atomic mass is 79.9. The molecule has 0 aromatic heterocycles. The lowest BCUT2D eigenvalue weighted by atomic mass is 10.1. The summed E-state index contributed by atoms with van der Waals surface area (Å²) in [5.74, 6) is 0.0169. The molecule has 0 saturated carbocycles. The van der Waals surface area contributed by atoms with Crippen molar-refractivity contribution in [3.8, 4) is 5.75 Å². The first-order chi connectivity index (χ1) is 9.97. The summed E-state index contributed by atoms with van der Waals surface area (Å²) in [5, 5.41) is 3.52. The second kappa shape index (κ2) is 9.40. The van der Waals surface area contributed by atoms with E-state index in [1.54, 1.807) is 7.11 Å². The zero-order valence-corrected chi connectivity index (χ0v) is 13.9. The summed E-state index contributed by atoms with van der Waals surface area (Å²) in [7, 11) is 1.57. The van der Waals surface area contributed by atoms with Crippen molar-refractivity contribution in [1.29, 1.82) is 0 Å². The topological polar surface area (TPSA) is 56.5 Å². The van der Waals surface area contributed by atoms with Crippen LogP contribution in [0.25, 0.3) is 0 Å². The van der Waals surface area contributed by atoms with Crippen molar-refractivity contribution in [2.45, 2.75) is 25.5 Å². The zero-order chi connectivity index (χ0) is 15.8. The summed E-state index contributed by atoms with van der Waals surface area (Å²) < 4.78 is 35.1. The molecule has 8 heteroatoms. The van der Waals surface area contributed by atoms with Gasteiger partial charge in [-0.15, -0.1) is 0 Å². The fourth-order valence-electron chi connectivity index (χ4n) is 1.86. The van der Waals surface area contributed by atoms with Crippen LogP contribution in [-0.4, -0.2) is 32.9 Å². The standard InChI is InChI=1S/C13H18BrClF2N2O2/c1-20-7-9(3-2-4-18)19-11-6-8(15)5-10(14)12(11)21-13(16)17/h5-6,9,13,19H,2-4,7,18H2,1H3. The van der Waals surface area contributed by atoms with Crippen molar-refractivity contribution in [3.05, 3.63) is 21.6 Å². The third-order valence-electron chi connectivity index (χ3n) is 2.70. The lowest BCUT2D eigenvalue weighted by Crippen LogP contribution is -2.26. The predicted molar refractivity (Wildman–Crippen MR) is 83.4 cm³/mol. The Balaban J connectivity index is 2.96. The zero-order valence-electron chi connectivity index (χ0n) is 11.5. The minimum Gasteiger partial charge on any atom is -0.431 e. The van der Waals surface area contributed by atoms with E-state index in [2.05, 4.69) is 26.0 Å². The molecule has 1 aromatic rings. The molecule has 3 N–H and O–H groups in total. The molecule has 0 heterocycles. The van der Waals surface area contributed by atoms with Gasteiger partial charge >= 0.3 is 6.61 Å². The fourth-order valence-corrected chi connectivity index (χ4v) is 2.76. The summed E-state index contributed by atoms with van der Waals surface area (Å²) in [4.78, 5) is 0. The van der Waals surface area contributed by atoms with Crippen LogP contribution in [0.5, 0.6) is 5.75 Å². The van der Waals surface area contributed by atoms with Crippen LogP contribution >= 0.6 is 27.5 Å². The molecule has 0 amide bonds. The average molecular weight is 388 g/mol. The van der Waals surface area contributed by atoms with Crippen molar-refractivity contribution in [1.82, 2.24) is 0 Å². The lowest BCUT2D eigenvalue weighted by Gasteiger charge is -2.22. The molecule has 0 spiro atoms. The maximum Gasteiger partial charge on any atom is 0.387 e. The molecule has 21 heavy (non-hydrogen) atoms. The van der Waals surface area contributed by atoms with Crippen LogP contribution < -0.4 is 15.8 Å². The number of methoxy groups -OCH3 is 1. The van der Waals surface area contributed by atoms with E-state index >= 15 is 0 Å². The number of nitrogens with one attached hydrogen (secondary N) is 1. The van der Waals surface area contributed by atoms with Crippen molar-refractivity contribution in [2.75, 3.05) is 25.6 Å². The van der Waals surface area contributed by atoms with Crippen LogP contribution in [-0.2, 0) is 4.74 Å². The van der Waals surface area contributed by atoms with Gasteiger partial charge in [0.1, 0.15) is 0 Å². The highest BCUT2D eigenvalue weighted by Crippen LogP contribution is 2.38. The number of anilines is 1. The van der Waals surface area contributed by atoms with Crippen LogP contribution in [0.15, 0.2) is 16.6 Å². The summed E-state index contributed by atoms with van der Waals surface area (Å²) in [6.45, 7) is -1.97. The van der Waals surface area contributed by atoms with Gasteiger partial charge in [-0.2, -0.15) is 8.78 Å². The molecular formula is C13H18BrClF2N2O2. The number of alkyl halides is 2. The maximum absolute atomic E-state index is 12.5. The summed E-state index contributed by atoms with van der Waals surface area (Å²) >= 11 is 9.13. The van der Waals surface area contributed by atoms with E-state index in [1.165, 1.54) is 12.1 Å². The SMILES string of the molecule is COCC(CCCN)Nc1cc(Cl)cc(Br)c1OC(F)F. The van der Waals surface area contributed by atoms with Crippen molar-refractivity contribution in [3.63, 3.8) is 0 Å². The second-order valence-electron chi connectivity index (χ2n) is 4.37. The van der Waals surface area contributed by atoms with E-state index < -0.39 is 6.61 Å². The van der Waals surface area contributed by atoms with Gasteiger partial charge in [-0.3, -0.25) is 0 Å². The average Bonchev–Trinajstić information content (AvgIpc) is 2.40. The number of hydrogen-bond donors (Lipinski definition) is 2. The van der Waals surface area contributed by atoms with Crippen molar-refractivity contribution in [2.24, 2.45) is 5.73 Å². The third kappa shape index (κ3) is 6.34. The predicted octanol–water partition coefficient (Wildman–Crippen LogP) is 3.87. The van der Waals surface area contributed by atoms with E-state index in [0.29, 0.717) is 28.3 Å². The van der Waals surface area contributed by atoms with Crippen LogP contribution in [0.2, 0.25) is 5.02 Å². The number of rotatable bonds is 9. The van der Waals surface area contributed by atoms with Gasteiger partial charge in [0.2, 0.25) is 0 Å². The number of nitrogens with two attached hydrogens (primary N) is 1. The highest BCUT2D eigenvalue weighted by Gasteiger charge is 2.17. The quantitative estimate of drug-likeness (QED) is 0.675. The first-order valence-corrected chi connectivity index (χ1v) is 7.54. The van der Waals surface area contributed by atoms with Gasteiger partial charge in [0.05, 0.1) is 16.8 Å². The van der Waals surface area contributed by atoms with Gasteiger partial charge in [0.15, 0.2) is 5.75 Å². The molecule has 0 fully saturated rings. The molecule has 0 aliphatic rings. The summed E-state index contributed by atoms with van der Waals surface area (Å²) in [6, 6.07) is 2.95. The van der Waals surface area contributed by atoms with Gasteiger partial charge in [-0.25, -0.2) is 0 Å². The van der Waals surface area contributed by atoms with Gasteiger partial charge in [0.25, 0.3) is 0 Å². The molecule has 0 radical (unpaired) electrons. The van der Waals surface area contributed by atoms with Gasteiger partial charge in [0, 0.05) is 18.2 Å². The van der Waals surface area contributed by atoms with Crippen LogP contribution in [0.3, 0.4) is 0 Å². The second-order valence-corrected chi connectivity index (χ2v) is 5.66. The van der Waals surface area contributed by atoms with Gasteiger partial charge in [-0.05, 0) is 47.4 Å². The Morgan fingerprint density at radius 1 is 1.43 bits per heavy atom. The minimum absolute atomic E-state index is 0.0169. The first kappa shape index (κ1) is 18.4. The van der Waals surface area contributed by atoms with Gasteiger partial charge in [-0.1, -0.05) is 11.6 Å². The van der Waals surface area contributed by atoms with Crippen LogP contribution in [0.1, 0.15) is 12.8 Å². The Kier molecular flexibility index (Phi) is 8.24. The molecule has 4 nitrogen and oxygen atoms in total. The number of hydrogen-bond acceptors (Lipinski definition) is 4. The molecule has 1 aromatic carbocycles. The number of ether oxygens (including phenoxy) is 2. The minimum atomic E-state index is -2.92. The molecule has 120 valence electrons. The van der Waals surface area contributed by atoms with E-state index in [4.69, 9.17) is 22.1 Å². The highest BCUT2D eigenvalue weighted by molar-refractivity contribution is 9.10. The molecule has 0 aliphatic heterocycles. The van der Waals surface area contributed by atoms with Crippen molar-refractivity contribution >= 4 is 33.2 Å². The Bertz CT molecular complexity index is 452. The van der Waals surface area contributed by atoms with E-state index in [0.717, 1.165) is 12.8 Å². The molecule has 1 unspecified atom stereocenters. The summed E-state index contributed by atoms with van der Waals surface area (Å²) in [6.07, 6.45) is 1.52. The lowest BCUT2D eigenvalue weighted by molar-refractivity contribution is -0.0499. The number of benzene rings is 1. The normalized spacial score (nSPS) is 12.5. The molecule has 0 saturated heterocycles. The Morgan fingerprint density at radius 3 is 2.71 bits per heavy atom. The van der Waals surface area contributed by atoms with E-state index in [-0.39, 0.29) is 11.8 Å². The van der Waals surface area contributed by atoms with E-state index in [9.17, 15) is 8.78 Å². The largest absolute Gasteiger partial charge is 0.431 e. The van der Waals surface area contributed by atoms with E-state index in [1.807, 2.05) is 0 Å². The molecule has 0 bridgehead atoms. The third-order valence-corrected chi connectivity index (χ3v) is 3.51. The van der Waals surface area contributed by atoms with Crippen molar-refractivity contribution < 1.29 is 18.3 Å². The Labute approximate surface area is 136 Å². The Hall–Kier alpha value is -0.630. The molecule has 1 rings (SSSR count). The Morgan fingerprint density at radius 2 is 2.14 bits per heavy atom. The van der Waals surface area contributed by atoms with Crippen LogP contribution in [0.4, 0.5) is 14.5 Å². The molecule has 0 aliphatic carbocycles. The monoisotopic (exact) mass is 386 g/mol. The summed E-state index contributed by atoms with van der Waals surface area (Å²) in [5.41, 5.74) is 5.87. The molecule has 1 atom stereocenters. The number of halogens is 4. The fraction of sp³-hybridized carbons (Fsp3) is 0.538. The molecular weight excluding hydrogens is 370 g/mol. The first-order valence-electron chi connectivity index (χ1n) is 6.37. The maximum atomic E-state index is 12.5. The van der Waals surface area contributed by atoms with Crippen LogP contribution in [0, 0.1) is 0 Å². The smallest absolute Gasteiger partial charge is 0.387 e. The van der Waals surface area contributed by atoms with Gasteiger partial charge < -0.3 is 20.5 Å².